The Morgan fingerprint density at radius 2 is 2.00 bits per heavy atom. The van der Waals surface area contributed by atoms with Crippen LogP contribution < -0.4 is 10.9 Å². The van der Waals surface area contributed by atoms with E-state index in [2.05, 4.69) is 10.3 Å². The van der Waals surface area contributed by atoms with Crippen LogP contribution in [0.1, 0.15) is 11.4 Å². The van der Waals surface area contributed by atoms with Crippen molar-refractivity contribution in [1.29, 1.82) is 0 Å². The van der Waals surface area contributed by atoms with Gasteiger partial charge >= 0.3 is 0 Å². The molecule has 27 heavy (non-hydrogen) atoms. The monoisotopic (exact) mass is 403 g/mol. The van der Waals surface area contributed by atoms with Crippen molar-refractivity contribution < 1.29 is 9.00 Å². The van der Waals surface area contributed by atoms with Crippen molar-refractivity contribution in [3.8, 4) is 0 Å². The summed E-state index contributed by atoms with van der Waals surface area (Å²) in [5, 5.41) is 3.71. The Bertz CT molecular complexity index is 1110. The van der Waals surface area contributed by atoms with Crippen LogP contribution in [-0.2, 0) is 27.9 Å². The lowest BCUT2D eigenvalue weighted by Crippen LogP contribution is -2.30. The first-order valence-electron chi connectivity index (χ1n) is 8.19. The number of carbonyl (C=O) groups is 1. The number of nitrogens with one attached hydrogen (secondary N) is 1. The third-order valence-corrected chi connectivity index (χ3v) is 5.13. The van der Waals surface area contributed by atoms with E-state index in [4.69, 9.17) is 11.6 Å². The molecule has 0 saturated heterocycles. The minimum atomic E-state index is -1.05. The molecule has 0 aliphatic carbocycles. The van der Waals surface area contributed by atoms with E-state index < -0.39 is 10.8 Å². The van der Waals surface area contributed by atoms with Gasteiger partial charge in [-0.1, -0.05) is 23.7 Å². The first kappa shape index (κ1) is 19.3. The van der Waals surface area contributed by atoms with Crippen LogP contribution in [0.4, 0.5) is 5.69 Å². The topological polar surface area (TPSA) is 81.1 Å². The van der Waals surface area contributed by atoms with E-state index in [1.807, 2.05) is 6.07 Å². The Kier molecular flexibility index (Phi) is 5.72. The molecule has 0 unspecified atom stereocenters. The zero-order valence-electron chi connectivity index (χ0n) is 14.9. The van der Waals surface area contributed by atoms with E-state index in [9.17, 15) is 13.8 Å². The smallest absolute Gasteiger partial charge is 0.261 e. The number of carbonyl (C=O) groups excluding carboxylic acids is 1. The van der Waals surface area contributed by atoms with Crippen LogP contribution in [0.15, 0.2) is 47.3 Å². The van der Waals surface area contributed by atoms with Gasteiger partial charge in [0, 0.05) is 33.5 Å². The number of halogens is 1. The van der Waals surface area contributed by atoms with Crippen molar-refractivity contribution in [3.05, 3.63) is 69.2 Å². The summed E-state index contributed by atoms with van der Waals surface area (Å²) in [7, 11) is -1.05. The number of hydrogen-bond acceptors (Lipinski definition) is 4. The van der Waals surface area contributed by atoms with Gasteiger partial charge in [-0.2, -0.15) is 0 Å². The van der Waals surface area contributed by atoms with Crippen LogP contribution in [0.3, 0.4) is 0 Å². The normalized spacial score (nSPS) is 12.1. The standard InChI is InChI=1S/C19H18ClN3O3S/c1-12-21-17-6-4-3-5-15(17)19(25)23(12)10-18(24)22-14-7-8-16(20)13(9-14)11-27(2)26/h3-9H,10-11H2,1-2H3,(H,22,24)/t27-/m1/s1. The molecule has 0 aliphatic rings. The first-order valence-corrected chi connectivity index (χ1v) is 10.3. The Labute approximate surface area is 163 Å². The van der Waals surface area contributed by atoms with Gasteiger partial charge in [-0.15, -0.1) is 0 Å². The van der Waals surface area contributed by atoms with Gasteiger partial charge in [-0.25, -0.2) is 4.98 Å². The van der Waals surface area contributed by atoms with Crippen LogP contribution in [-0.4, -0.2) is 25.9 Å². The minimum absolute atomic E-state index is 0.153. The predicted octanol–water partition coefficient (Wildman–Crippen LogP) is 2.88. The highest BCUT2D eigenvalue weighted by Gasteiger charge is 2.12. The Hall–Kier alpha value is -2.51. The summed E-state index contributed by atoms with van der Waals surface area (Å²) < 4.78 is 12.8. The third-order valence-electron chi connectivity index (χ3n) is 4.04. The molecule has 0 aliphatic heterocycles. The number of hydrogen-bond donors (Lipinski definition) is 1. The molecule has 2 aromatic carbocycles. The third kappa shape index (κ3) is 4.43. The van der Waals surface area contributed by atoms with Crippen LogP contribution in [0.25, 0.3) is 10.9 Å². The van der Waals surface area contributed by atoms with E-state index >= 15 is 0 Å². The minimum Gasteiger partial charge on any atom is -0.325 e. The summed E-state index contributed by atoms with van der Waals surface area (Å²) in [5.74, 6) is 0.408. The lowest BCUT2D eigenvalue weighted by atomic mass is 10.2. The molecule has 1 amide bonds. The molecule has 1 N–H and O–H groups in total. The number of anilines is 1. The van der Waals surface area contributed by atoms with Crippen molar-refractivity contribution in [2.45, 2.75) is 19.2 Å². The molecule has 3 aromatic rings. The summed E-state index contributed by atoms with van der Waals surface area (Å²) in [6.07, 6.45) is 1.59. The Balaban J connectivity index is 1.84. The molecule has 0 saturated carbocycles. The van der Waals surface area contributed by atoms with Crippen LogP contribution in [0, 0.1) is 6.92 Å². The number of benzene rings is 2. The maximum absolute atomic E-state index is 12.6. The maximum atomic E-state index is 12.6. The molecule has 140 valence electrons. The summed E-state index contributed by atoms with van der Waals surface area (Å²) in [6, 6.07) is 12.0. The maximum Gasteiger partial charge on any atom is 0.261 e. The van der Waals surface area contributed by atoms with Crippen LogP contribution in [0.5, 0.6) is 0 Å². The molecule has 3 rings (SSSR count). The van der Waals surface area contributed by atoms with E-state index in [1.165, 1.54) is 4.57 Å². The number of rotatable bonds is 5. The number of fused-ring (bicyclic) bond motifs is 1. The molecule has 0 fully saturated rings. The fraction of sp³-hybridized carbons (Fsp3) is 0.211. The highest BCUT2D eigenvalue weighted by Crippen LogP contribution is 2.22. The predicted molar refractivity (Wildman–Crippen MR) is 109 cm³/mol. The zero-order valence-corrected chi connectivity index (χ0v) is 16.4. The number of para-hydroxylation sites is 1. The molecule has 1 aromatic heterocycles. The lowest BCUT2D eigenvalue weighted by Gasteiger charge is -2.12. The van der Waals surface area contributed by atoms with E-state index in [0.717, 1.165) is 0 Å². The van der Waals surface area contributed by atoms with Gasteiger partial charge in [-0.3, -0.25) is 18.4 Å². The van der Waals surface area contributed by atoms with E-state index in [0.29, 0.717) is 38.8 Å². The largest absolute Gasteiger partial charge is 0.325 e. The van der Waals surface area contributed by atoms with Crippen LogP contribution >= 0.6 is 11.6 Å². The van der Waals surface area contributed by atoms with Gasteiger partial charge in [-0.05, 0) is 42.8 Å². The number of aryl methyl sites for hydroxylation is 1. The van der Waals surface area contributed by atoms with Gasteiger partial charge < -0.3 is 5.32 Å². The van der Waals surface area contributed by atoms with E-state index in [1.54, 1.807) is 49.6 Å². The summed E-state index contributed by atoms with van der Waals surface area (Å²) >= 11 is 6.10. The van der Waals surface area contributed by atoms with Crippen molar-refractivity contribution in [2.75, 3.05) is 11.6 Å². The Morgan fingerprint density at radius 3 is 2.74 bits per heavy atom. The highest BCUT2D eigenvalue weighted by molar-refractivity contribution is 7.83. The lowest BCUT2D eigenvalue weighted by molar-refractivity contribution is -0.116. The molecule has 1 heterocycles. The fourth-order valence-electron chi connectivity index (χ4n) is 2.79. The summed E-state index contributed by atoms with van der Waals surface area (Å²) in [5.41, 5.74) is 1.57. The molecule has 0 spiro atoms. The van der Waals surface area contributed by atoms with Gasteiger partial charge in [0.05, 0.1) is 10.9 Å². The highest BCUT2D eigenvalue weighted by atomic mass is 35.5. The van der Waals surface area contributed by atoms with Gasteiger partial charge in [0.25, 0.3) is 5.56 Å². The molecule has 1 atom stereocenters. The second-order valence-electron chi connectivity index (χ2n) is 6.14. The number of nitrogens with zero attached hydrogens (tertiary/aromatic N) is 2. The average Bonchev–Trinajstić information content (AvgIpc) is 2.61. The zero-order chi connectivity index (χ0) is 19.6. The molecule has 0 bridgehead atoms. The average molecular weight is 404 g/mol. The quantitative estimate of drug-likeness (QED) is 0.710. The number of amides is 1. The van der Waals surface area contributed by atoms with Crippen molar-refractivity contribution in [2.24, 2.45) is 0 Å². The second-order valence-corrected chi connectivity index (χ2v) is 7.98. The van der Waals surface area contributed by atoms with Gasteiger partial charge in [0.2, 0.25) is 5.91 Å². The first-order chi connectivity index (χ1) is 12.8. The molecule has 6 nitrogen and oxygen atoms in total. The van der Waals surface area contributed by atoms with Crippen molar-refractivity contribution in [3.63, 3.8) is 0 Å². The second kappa shape index (κ2) is 8.02. The van der Waals surface area contributed by atoms with Crippen molar-refractivity contribution >= 4 is 44.9 Å². The molecule has 8 heteroatoms. The van der Waals surface area contributed by atoms with Crippen LogP contribution in [0.2, 0.25) is 5.02 Å². The molecular formula is C19H18ClN3O3S. The van der Waals surface area contributed by atoms with E-state index in [-0.39, 0.29) is 18.0 Å². The summed E-state index contributed by atoms with van der Waals surface area (Å²) in [6.45, 7) is 1.54. The van der Waals surface area contributed by atoms with Gasteiger partial charge in [0.1, 0.15) is 12.4 Å². The molecule has 0 radical (unpaired) electrons. The summed E-state index contributed by atoms with van der Waals surface area (Å²) in [4.78, 5) is 29.5. The fourth-order valence-corrected chi connectivity index (χ4v) is 3.73. The SMILES string of the molecule is Cc1nc2ccccc2c(=O)n1CC(=O)Nc1ccc(Cl)c(C[S@@](C)=O)c1. The number of aromatic nitrogens is 2. The van der Waals surface area contributed by atoms with Crippen molar-refractivity contribution in [1.82, 2.24) is 9.55 Å². The van der Waals surface area contributed by atoms with Gasteiger partial charge in [0.15, 0.2) is 0 Å². The Morgan fingerprint density at radius 1 is 1.26 bits per heavy atom. The molecular weight excluding hydrogens is 386 g/mol.